The maximum atomic E-state index is 11.5. The van der Waals surface area contributed by atoms with Gasteiger partial charge in [-0.2, -0.15) is 0 Å². The van der Waals surface area contributed by atoms with Crippen molar-refractivity contribution in [1.29, 1.82) is 0 Å². The fourth-order valence-corrected chi connectivity index (χ4v) is 2.45. The van der Waals surface area contributed by atoms with E-state index >= 15 is 0 Å². The maximum Gasteiger partial charge on any atom is 0.220 e. The summed E-state index contributed by atoms with van der Waals surface area (Å²) in [6.45, 7) is 11.7. The Hall–Kier alpha value is -1.75. The molecule has 0 aliphatic carbocycles. The first kappa shape index (κ1) is 22.3. The second kappa shape index (κ2) is 13.5. The van der Waals surface area contributed by atoms with Gasteiger partial charge in [0.15, 0.2) is 0 Å². The van der Waals surface area contributed by atoms with Crippen LogP contribution in [0.25, 0.3) is 0 Å². The van der Waals surface area contributed by atoms with E-state index in [0.29, 0.717) is 32.1 Å². The van der Waals surface area contributed by atoms with Gasteiger partial charge >= 0.3 is 0 Å². The summed E-state index contributed by atoms with van der Waals surface area (Å²) in [4.78, 5) is 11.5. The van der Waals surface area contributed by atoms with Crippen molar-refractivity contribution < 1.29 is 14.3 Å². The Morgan fingerprint density at radius 2 is 1.81 bits per heavy atom. The molecule has 0 aliphatic rings. The number of rotatable bonds is 14. The lowest BCUT2D eigenvalue weighted by Gasteiger charge is -2.11. The van der Waals surface area contributed by atoms with Crippen molar-refractivity contribution in [3.8, 4) is 5.75 Å². The zero-order valence-electron chi connectivity index (χ0n) is 16.8. The summed E-state index contributed by atoms with van der Waals surface area (Å²) in [6.07, 6.45) is 2.83. The van der Waals surface area contributed by atoms with Crippen LogP contribution in [0.1, 0.15) is 47.0 Å². The quantitative estimate of drug-likeness (QED) is 0.488. The number of ether oxygens (including phenoxy) is 2. The first-order chi connectivity index (χ1) is 12.5. The smallest absolute Gasteiger partial charge is 0.220 e. The molecule has 0 fully saturated rings. The molecule has 0 aromatic heterocycles. The first-order valence-electron chi connectivity index (χ1n) is 9.78. The molecule has 0 atom stereocenters. The van der Waals surface area contributed by atoms with Gasteiger partial charge in [0, 0.05) is 31.3 Å². The molecule has 0 unspecified atom stereocenters. The van der Waals surface area contributed by atoms with Crippen LogP contribution in [0.4, 0.5) is 5.69 Å². The van der Waals surface area contributed by atoms with Gasteiger partial charge in [0.25, 0.3) is 0 Å². The van der Waals surface area contributed by atoms with E-state index in [-0.39, 0.29) is 5.91 Å². The average Bonchev–Trinajstić information content (AvgIpc) is 2.57. The summed E-state index contributed by atoms with van der Waals surface area (Å²) >= 11 is 0. The minimum atomic E-state index is 0.0898. The van der Waals surface area contributed by atoms with E-state index in [1.807, 2.05) is 38.1 Å². The highest BCUT2D eigenvalue weighted by atomic mass is 16.5. The Labute approximate surface area is 158 Å². The number of anilines is 1. The molecule has 0 saturated heterocycles. The molecule has 5 heteroatoms. The van der Waals surface area contributed by atoms with Crippen molar-refractivity contribution >= 4 is 11.6 Å². The molecule has 0 bridgehead atoms. The van der Waals surface area contributed by atoms with Gasteiger partial charge in [-0.15, -0.1) is 0 Å². The van der Waals surface area contributed by atoms with Crippen molar-refractivity contribution in [3.05, 3.63) is 24.3 Å². The highest BCUT2D eigenvalue weighted by Gasteiger charge is 2.03. The number of carbonyl (C=O) groups excluding carboxylic acids is 1. The molecule has 1 aromatic rings. The average molecular weight is 365 g/mol. The molecule has 1 aromatic carbocycles. The third-order valence-electron chi connectivity index (χ3n) is 3.77. The minimum Gasteiger partial charge on any atom is -0.494 e. The van der Waals surface area contributed by atoms with Crippen molar-refractivity contribution in [1.82, 2.24) is 5.32 Å². The van der Waals surface area contributed by atoms with Gasteiger partial charge in [0.05, 0.1) is 19.8 Å². The number of benzene rings is 1. The van der Waals surface area contributed by atoms with Gasteiger partial charge in [-0.05, 0) is 36.8 Å². The zero-order valence-corrected chi connectivity index (χ0v) is 16.8. The normalized spacial score (nSPS) is 11.0. The predicted octanol–water partition coefficient (Wildman–Crippen LogP) is 4.09. The van der Waals surface area contributed by atoms with Gasteiger partial charge in [-0.3, -0.25) is 4.79 Å². The summed E-state index contributed by atoms with van der Waals surface area (Å²) in [5.41, 5.74) is 1.03. The topological polar surface area (TPSA) is 59.6 Å². The molecule has 1 rings (SSSR count). The van der Waals surface area contributed by atoms with E-state index in [2.05, 4.69) is 24.5 Å². The van der Waals surface area contributed by atoms with Crippen LogP contribution >= 0.6 is 0 Å². The number of hydrogen-bond acceptors (Lipinski definition) is 4. The number of nitrogens with one attached hydrogen (secondary N) is 2. The monoisotopic (exact) mass is 364 g/mol. The minimum absolute atomic E-state index is 0.0898. The van der Waals surface area contributed by atoms with Crippen molar-refractivity contribution in [2.45, 2.75) is 47.0 Å². The number of amides is 1. The van der Waals surface area contributed by atoms with Crippen molar-refractivity contribution in [2.24, 2.45) is 11.8 Å². The summed E-state index contributed by atoms with van der Waals surface area (Å²) in [6, 6.07) is 8.01. The number of carbonyl (C=O) groups is 1. The Morgan fingerprint density at radius 1 is 1.04 bits per heavy atom. The lowest BCUT2D eigenvalue weighted by molar-refractivity contribution is -0.122. The highest BCUT2D eigenvalue weighted by molar-refractivity contribution is 5.75. The largest absolute Gasteiger partial charge is 0.494 e. The van der Waals surface area contributed by atoms with Crippen LogP contribution in [0, 0.1) is 11.8 Å². The van der Waals surface area contributed by atoms with Crippen LogP contribution in [0.3, 0.4) is 0 Å². The van der Waals surface area contributed by atoms with Crippen LogP contribution in [0.15, 0.2) is 24.3 Å². The first-order valence-corrected chi connectivity index (χ1v) is 9.78. The number of hydrogen-bond donors (Lipinski definition) is 2. The summed E-state index contributed by atoms with van der Waals surface area (Å²) in [5, 5.41) is 6.19. The molecule has 0 saturated carbocycles. The standard InChI is InChI=1S/C21H36N2O3/c1-17(2)7-6-12-26-20-9-5-8-19(16-20)22-10-13-25-14-11-23-21(24)15-18(3)4/h5,8-9,16-18,22H,6-7,10-15H2,1-4H3,(H,23,24). The fourth-order valence-electron chi connectivity index (χ4n) is 2.45. The molecule has 1 amide bonds. The Bertz CT molecular complexity index is 504. The molecular weight excluding hydrogens is 328 g/mol. The molecule has 2 N–H and O–H groups in total. The molecule has 5 nitrogen and oxygen atoms in total. The second-order valence-corrected chi connectivity index (χ2v) is 7.40. The Kier molecular flexibility index (Phi) is 11.5. The molecule has 0 radical (unpaired) electrons. The lowest BCUT2D eigenvalue weighted by atomic mass is 10.1. The van der Waals surface area contributed by atoms with E-state index in [1.54, 1.807) is 0 Å². The zero-order chi connectivity index (χ0) is 19.2. The van der Waals surface area contributed by atoms with E-state index < -0.39 is 0 Å². The van der Waals surface area contributed by atoms with E-state index in [9.17, 15) is 4.79 Å². The van der Waals surface area contributed by atoms with E-state index in [4.69, 9.17) is 9.47 Å². The predicted molar refractivity (Wildman–Crippen MR) is 108 cm³/mol. The summed E-state index contributed by atoms with van der Waals surface area (Å²) < 4.78 is 11.3. The van der Waals surface area contributed by atoms with Crippen LogP contribution in [0.2, 0.25) is 0 Å². The van der Waals surface area contributed by atoms with Gasteiger partial charge in [0.2, 0.25) is 5.91 Å². The van der Waals surface area contributed by atoms with Crippen LogP contribution in [-0.4, -0.2) is 38.8 Å². The summed E-state index contributed by atoms with van der Waals surface area (Å²) in [5.74, 6) is 2.09. The lowest BCUT2D eigenvalue weighted by Crippen LogP contribution is -2.28. The molecule has 0 heterocycles. The van der Waals surface area contributed by atoms with Gasteiger partial charge in [0.1, 0.15) is 5.75 Å². The van der Waals surface area contributed by atoms with Crippen LogP contribution < -0.4 is 15.4 Å². The molecule has 0 spiro atoms. The van der Waals surface area contributed by atoms with E-state index in [0.717, 1.165) is 36.9 Å². The van der Waals surface area contributed by atoms with Crippen LogP contribution in [0.5, 0.6) is 5.75 Å². The molecule has 0 aliphatic heterocycles. The fraction of sp³-hybridized carbons (Fsp3) is 0.667. The molecule has 26 heavy (non-hydrogen) atoms. The maximum absolute atomic E-state index is 11.5. The Balaban J connectivity index is 2.10. The molecular formula is C21H36N2O3. The van der Waals surface area contributed by atoms with Crippen molar-refractivity contribution in [3.63, 3.8) is 0 Å². The SMILES string of the molecule is CC(C)CCCOc1cccc(NCCOCCNC(=O)CC(C)C)c1. The Morgan fingerprint density at radius 3 is 2.54 bits per heavy atom. The van der Waals surface area contributed by atoms with Crippen LogP contribution in [-0.2, 0) is 9.53 Å². The van der Waals surface area contributed by atoms with Gasteiger partial charge in [-0.25, -0.2) is 0 Å². The second-order valence-electron chi connectivity index (χ2n) is 7.40. The van der Waals surface area contributed by atoms with Gasteiger partial charge in [-0.1, -0.05) is 33.8 Å². The molecule has 148 valence electrons. The van der Waals surface area contributed by atoms with Gasteiger partial charge < -0.3 is 20.1 Å². The third kappa shape index (κ3) is 11.7. The highest BCUT2D eigenvalue weighted by Crippen LogP contribution is 2.17. The third-order valence-corrected chi connectivity index (χ3v) is 3.77. The summed E-state index contributed by atoms with van der Waals surface area (Å²) in [7, 11) is 0. The van der Waals surface area contributed by atoms with E-state index in [1.165, 1.54) is 6.42 Å². The van der Waals surface area contributed by atoms with Crippen molar-refractivity contribution in [2.75, 3.05) is 38.2 Å².